The van der Waals surface area contributed by atoms with E-state index < -0.39 is 12.1 Å². The van der Waals surface area contributed by atoms with Crippen molar-refractivity contribution in [3.8, 4) is 0 Å². The average Bonchev–Trinajstić information content (AvgIpc) is 2.03. The Kier molecular flexibility index (Phi) is 5.34. The van der Waals surface area contributed by atoms with E-state index in [1.54, 1.807) is 6.92 Å². The lowest BCUT2D eigenvalue weighted by molar-refractivity contribution is -0.137. The molecule has 0 bridgehead atoms. The number of amides is 1. The minimum absolute atomic E-state index is 0.172. The van der Waals surface area contributed by atoms with Crippen molar-refractivity contribution < 1.29 is 19.4 Å². The van der Waals surface area contributed by atoms with Gasteiger partial charge >= 0.3 is 12.1 Å². The third-order valence-corrected chi connectivity index (χ3v) is 1.20. The first kappa shape index (κ1) is 11.5. The van der Waals surface area contributed by atoms with E-state index in [9.17, 15) is 9.59 Å². The first-order chi connectivity index (χ1) is 6.11. The van der Waals surface area contributed by atoms with E-state index in [1.165, 1.54) is 6.08 Å². The summed E-state index contributed by atoms with van der Waals surface area (Å²) in [7, 11) is 0. The van der Waals surface area contributed by atoms with Gasteiger partial charge in [0.2, 0.25) is 0 Å². The highest BCUT2D eigenvalue weighted by molar-refractivity contribution is 5.76. The monoisotopic (exact) mass is 187 g/mol. The Morgan fingerprint density at radius 2 is 2.23 bits per heavy atom. The van der Waals surface area contributed by atoms with Crippen molar-refractivity contribution in [2.45, 2.75) is 6.92 Å². The van der Waals surface area contributed by atoms with Crippen LogP contribution in [0.2, 0.25) is 0 Å². The maximum Gasteiger partial charge on any atom is 0.410 e. The minimum atomic E-state index is -1.07. The van der Waals surface area contributed by atoms with Crippen LogP contribution >= 0.6 is 0 Å². The Hall–Kier alpha value is -1.52. The molecule has 0 aliphatic carbocycles. The molecule has 1 amide bonds. The summed E-state index contributed by atoms with van der Waals surface area (Å²) in [5.41, 5.74) is 0. The largest absolute Gasteiger partial charge is 0.480 e. The first-order valence-corrected chi connectivity index (χ1v) is 3.86. The second kappa shape index (κ2) is 6.05. The first-order valence-electron chi connectivity index (χ1n) is 3.86. The topological polar surface area (TPSA) is 66.8 Å². The molecule has 0 aromatic rings. The van der Waals surface area contributed by atoms with Gasteiger partial charge in [-0.15, -0.1) is 6.58 Å². The molecule has 0 aliphatic heterocycles. The van der Waals surface area contributed by atoms with Gasteiger partial charge < -0.3 is 9.84 Å². The number of carbonyl (C=O) groups excluding carboxylic acids is 1. The van der Waals surface area contributed by atoms with Crippen LogP contribution in [0.4, 0.5) is 4.79 Å². The molecule has 0 unspecified atom stereocenters. The predicted molar refractivity (Wildman–Crippen MR) is 46.4 cm³/mol. The maximum absolute atomic E-state index is 11.1. The Bertz CT molecular complexity index is 202. The van der Waals surface area contributed by atoms with E-state index >= 15 is 0 Å². The SMILES string of the molecule is C=CCN(CC(=O)O)C(=O)OCC. The second-order valence-corrected chi connectivity index (χ2v) is 2.26. The van der Waals surface area contributed by atoms with Crippen LogP contribution in [-0.2, 0) is 9.53 Å². The van der Waals surface area contributed by atoms with Crippen molar-refractivity contribution in [3.05, 3.63) is 12.7 Å². The maximum atomic E-state index is 11.1. The van der Waals surface area contributed by atoms with Crippen LogP contribution < -0.4 is 0 Å². The van der Waals surface area contributed by atoms with E-state index in [1.807, 2.05) is 0 Å². The molecule has 0 saturated carbocycles. The number of hydrogen-bond donors (Lipinski definition) is 1. The van der Waals surface area contributed by atoms with Crippen molar-refractivity contribution in [1.29, 1.82) is 0 Å². The normalized spacial score (nSPS) is 9.00. The molecule has 0 aromatic carbocycles. The number of carbonyl (C=O) groups is 2. The lowest BCUT2D eigenvalue weighted by Gasteiger charge is -2.17. The smallest absolute Gasteiger partial charge is 0.410 e. The number of aliphatic carboxylic acids is 1. The third kappa shape index (κ3) is 4.84. The Balaban J connectivity index is 4.13. The molecule has 0 fully saturated rings. The lowest BCUT2D eigenvalue weighted by atomic mass is 10.5. The van der Waals surface area contributed by atoms with Gasteiger partial charge in [-0.25, -0.2) is 4.79 Å². The van der Waals surface area contributed by atoms with Crippen LogP contribution in [0.1, 0.15) is 6.92 Å². The molecule has 5 heteroatoms. The molecular formula is C8H13NO4. The quantitative estimate of drug-likeness (QED) is 0.644. The van der Waals surface area contributed by atoms with E-state index in [2.05, 4.69) is 11.3 Å². The van der Waals surface area contributed by atoms with E-state index in [-0.39, 0.29) is 19.7 Å². The molecule has 0 radical (unpaired) electrons. The molecule has 13 heavy (non-hydrogen) atoms. The van der Waals surface area contributed by atoms with Gasteiger partial charge in [0, 0.05) is 6.54 Å². The van der Waals surface area contributed by atoms with Crippen LogP contribution in [0.15, 0.2) is 12.7 Å². The zero-order chi connectivity index (χ0) is 10.3. The number of hydrogen-bond acceptors (Lipinski definition) is 3. The van der Waals surface area contributed by atoms with Crippen LogP contribution in [-0.4, -0.2) is 41.8 Å². The molecule has 74 valence electrons. The van der Waals surface area contributed by atoms with Crippen LogP contribution in [0.3, 0.4) is 0 Å². The number of nitrogens with zero attached hydrogens (tertiary/aromatic N) is 1. The molecule has 0 heterocycles. The molecule has 0 saturated heterocycles. The van der Waals surface area contributed by atoms with Crippen molar-refractivity contribution in [2.24, 2.45) is 0 Å². The summed E-state index contributed by atoms with van der Waals surface area (Å²) in [6.07, 6.45) is 0.810. The third-order valence-electron chi connectivity index (χ3n) is 1.20. The summed E-state index contributed by atoms with van der Waals surface area (Å²) in [6, 6.07) is 0. The van der Waals surface area contributed by atoms with E-state index in [0.717, 1.165) is 4.90 Å². The molecule has 0 aromatic heterocycles. The van der Waals surface area contributed by atoms with Crippen LogP contribution in [0, 0.1) is 0 Å². The van der Waals surface area contributed by atoms with Gasteiger partial charge in [0.05, 0.1) is 6.61 Å². The minimum Gasteiger partial charge on any atom is -0.480 e. The van der Waals surface area contributed by atoms with E-state index in [4.69, 9.17) is 5.11 Å². The molecular weight excluding hydrogens is 174 g/mol. The number of ether oxygens (including phenoxy) is 1. The summed E-state index contributed by atoms with van der Waals surface area (Å²) in [5.74, 6) is -1.07. The van der Waals surface area contributed by atoms with Crippen LogP contribution in [0.25, 0.3) is 0 Å². The van der Waals surface area contributed by atoms with E-state index in [0.29, 0.717) is 0 Å². The highest BCUT2D eigenvalue weighted by Crippen LogP contribution is 1.94. The second-order valence-electron chi connectivity index (χ2n) is 2.26. The number of carboxylic acid groups (broad SMARTS) is 1. The number of carboxylic acids is 1. The van der Waals surface area contributed by atoms with Gasteiger partial charge in [-0.3, -0.25) is 9.69 Å². The Morgan fingerprint density at radius 1 is 1.62 bits per heavy atom. The fourth-order valence-electron chi connectivity index (χ4n) is 0.738. The summed E-state index contributed by atoms with van der Waals surface area (Å²) in [6.45, 7) is 5.10. The fourth-order valence-corrected chi connectivity index (χ4v) is 0.738. The molecule has 0 spiro atoms. The van der Waals surface area contributed by atoms with Crippen molar-refractivity contribution in [1.82, 2.24) is 4.90 Å². The standard InChI is InChI=1S/C8H13NO4/c1-3-5-9(6-7(10)11)8(12)13-4-2/h3H,1,4-6H2,2H3,(H,10,11). The predicted octanol–water partition coefficient (Wildman–Crippen LogP) is 0.716. The molecule has 5 nitrogen and oxygen atoms in total. The average molecular weight is 187 g/mol. The van der Waals surface area contributed by atoms with Gasteiger partial charge in [-0.05, 0) is 6.92 Å². The van der Waals surface area contributed by atoms with Crippen molar-refractivity contribution in [3.63, 3.8) is 0 Å². The van der Waals surface area contributed by atoms with Gasteiger partial charge in [-0.2, -0.15) is 0 Å². The molecule has 0 atom stereocenters. The van der Waals surface area contributed by atoms with Gasteiger partial charge in [-0.1, -0.05) is 6.08 Å². The Labute approximate surface area is 76.6 Å². The summed E-state index contributed by atoms with van der Waals surface area (Å²) in [5, 5.41) is 8.44. The summed E-state index contributed by atoms with van der Waals surface area (Å²) in [4.78, 5) is 22.4. The molecule has 0 aliphatic rings. The zero-order valence-electron chi connectivity index (χ0n) is 7.52. The number of rotatable bonds is 5. The highest BCUT2D eigenvalue weighted by Gasteiger charge is 2.15. The molecule has 0 rings (SSSR count). The Morgan fingerprint density at radius 3 is 2.62 bits per heavy atom. The summed E-state index contributed by atoms with van der Waals surface area (Å²) < 4.78 is 4.63. The lowest BCUT2D eigenvalue weighted by Crippen LogP contribution is -2.36. The molecule has 1 N–H and O–H groups in total. The van der Waals surface area contributed by atoms with Crippen molar-refractivity contribution in [2.75, 3.05) is 19.7 Å². The highest BCUT2D eigenvalue weighted by atomic mass is 16.6. The van der Waals surface area contributed by atoms with Gasteiger partial charge in [0.25, 0.3) is 0 Å². The summed E-state index contributed by atoms with van der Waals surface area (Å²) >= 11 is 0. The van der Waals surface area contributed by atoms with Gasteiger partial charge in [0.1, 0.15) is 6.54 Å². The van der Waals surface area contributed by atoms with Crippen molar-refractivity contribution >= 4 is 12.1 Å². The zero-order valence-corrected chi connectivity index (χ0v) is 7.52. The van der Waals surface area contributed by atoms with Gasteiger partial charge in [0.15, 0.2) is 0 Å². The van der Waals surface area contributed by atoms with Crippen LogP contribution in [0.5, 0.6) is 0 Å². The fraction of sp³-hybridized carbons (Fsp3) is 0.500.